The lowest BCUT2D eigenvalue weighted by atomic mass is 9.49. The average Bonchev–Trinajstić information content (AvgIpc) is 3.31. The number of piperidine rings is 1. The molecule has 7 heteroatoms. The highest BCUT2D eigenvalue weighted by Crippen LogP contribution is 2.61. The summed E-state index contributed by atoms with van der Waals surface area (Å²) in [5.74, 6) is 3.59. The summed E-state index contributed by atoms with van der Waals surface area (Å²) in [5, 5.41) is 7.88. The van der Waals surface area contributed by atoms with E-state index in [4.69, 9.17) is 0 Å². The number of nitrogens with one attached hydrogen (secondary N) is 3. The topological polar surface area (TPSA) is 82.2 Å². The highest BCUT2D eigenvalue weighted by Gasteiger charge is 2.50. The van der Waals surface area contributed by atoms with Gasteiger partial charge in [0.2, 0.25) is 0 Å². The van der Waals surface area contributed by atoms with Crippen molar-refractivity contribution in [2.75, 3.05) is 32.7 Å². The number of pyridine rings is 1. The molecule has 3 N–H and O–H groups in total. The van der Waals surface area contributed by atoms with Gasteiger partial charge in [-0.2, -0.15) is 0 Å². The standard InChI is InChI=1S/C39H55N5O2/c1-25-17-26(2)42-37(45)34(25)24-41-38(46)36-28(4)44(35-8-6-5-7-33(35)36)27(3)32-9-14-43(15-10-32)16-13-40-12-11-39-21-29-18-30(22-39)20-31(19-29)23-39/h5-8,17,27,29-32,40H,9-16,18-24H2,1-4H3,(H,41,46)(H,42,45)/t27-,29?,30?,31?,39?/m1/s1. The summed E-state index contributed by atoms with van der Waals surface area (Å²) in [6.07, 6.45) is 12.9. The summed E-state index contributed by atoms with van der Waals surface area (Å²) in [4.78, 5) is 31.7. The molecule has 1 amide bonds. The van der Waals surface area contributed by atoms with Crippen LogP contribution < -0.4 is 16.2 Å². The Morgan fingerprint density at radius 1 is 1.00 bits per heavy atom. The van der Waals surface area contributed by atoms with E-state index in [1.165, 1.54) is 64.3 Å². The first-order chi connectivity index (χ1) is 22.2. The summed E-state index contributed by atoms with van der Waals surface area (Å²) in [5.41, 5.74) is 5.73. The number of hydrogen-bond acceptors (Lipinski definition) is 4. The third-order valence-corrected chi connectivity index (χ3v) is 12.6. The number of H-pyrrole nitrogens is 1. The number of benzene rings is 1. The number of rotatable bonds is 11. The molecule has 1 saturated heterocycles. The molecule has 46 heavy (non-hydrogen) atoms. The van der Waals surface area contributed by atoms with Gasteiger partial charge in [-0.05, 0) is 152 Å². The van der Waals surface area contributed by atoms with Crippen molar-refractivity contribution >= 4 is 16.8 Å². The minimum Gasteiger partial charge on any atom is -0.348 e. The van der Waals surface area contributed by atoms with Gasteiger partial charge < -0.3 is 25.1 Å². The fourth-order valence-electron chi connectivity index (χ4n) is 10.7. The third kappa shape index (κ3) is 6.22. The molecule has 5 aliphatic rings. The Morgan fingerprint density at radius 2 is 1.67 bits per heavy atom. The van der Waals surface area contributed by atoms with Crippen LogP contribution in [0.2, 0.25) is 0 Å². The van der Waals surface area contributed by atoms with Crippen molar-refractivity contribution < 1.29 is 4.79 Å². The van der Waals surface area contributed by atoms with E-state index >= 15 is 0 Å². The number of hydrogen-bond donors (Lipinski definition) is 3. The van der Waals surface area contributed by atoms with Crippen molar-refractivity contribution in [3.05, 3.63) is 68.8 Å². The minimum absolute atomic E-state index is 0.121. The van der Waals surface area contributed by atoms with Crippen LogP contribution in [0, 0.1) is 49.9 Å². The van der Waals surface area contributed by atoms with Gasteiger partial charge in [0.15, 0.2) is 0 Å². The Bertz CT molecular complexity index is 1590. The fourth-order valence-corrected chi connectivity index (χ4v) is 10.7. The van der Waals surface area contributed by atoms with E-state index < -0.39 is 0 Å². The number of aromatic amines is 1. The van der Waals surface area contributed by atoms with Gasteiger partial charge in [0, 0.05) is 53.5 Å². The molecule has 8 rings (SSSR count). The molecule has 1 aliphatic heterocycles. The maximum absolute atomic E-state index is 13.7. The molecule has 3 heterocycles. The predicted octanol–water partition coefficient (Wildman–Crippen LogP) is 6.65. The second-order valence-corrected chi connectivity index (χ2v) is 15.8. The Hall–Kier alpha value is -2.90. The Labute approximate surface area is 274 Å². The summed E-state index contributed by atoms with van der Waals surface area (Å²) >= 11 is 0. The van der Waals surface area contributed by atoms with Crippen LogP contribution in [-0.2, 0) is 6.54 Å². The van der Waals surface area contributed by atoms with Crippen molar-refractivity contribution in [1.29, 1.82) is 0 Å². The van der Waals surface area contributed by atoms with Gasteiger partial charge in [-0.25, -0.2) is 0 Å². The minimum atomic E-state index is -0.134. The van der Waals surface area contributed by atoms with E-state index in [0.29, 0.717) is 22.9 Å². The molecule has 1 atom stereocenters. The van der Waals surface area contributed by atoms with Gasteiger partial charge >= 0.3 is 0 Å². The average molecular weight is 626 g/mol. The summed E-state index contributed by atoms with van der Waals surface area (Å²) < 4.78 is 2.40. The molecule has 4 aliphatic carbocycles. The molecule has 1 aromatic carbocycles. The van der Waals surface area contributed by atoms with Crippen molar-refractivity contribution in [2.45, 2.75) is 98.1 Å². The lowest BCUT2D eigenvalue weighted by Crippen LogP contribution is -2.47. The van der Waals surface area contributed by atoms with Crippen molar-refractivity contribution in [1.82, 2.24) is 25.1 Å². The smallest absolute Gasteiger partial charge is 0.254 e. The van der Waals surface area contributed by atoms with Crippen LogP contribution >= 0.6 is 0 Å². The predicted molar refractivity (Wildman–Crippen MR) is 186 cm³/mol. The van der Waals surface area contributed by atoms with Gasteiger partial charge in [-0.1, -0.05) is 18.2 Å². The molecule has 2 aromatic heterocycles. The van der Waals surface area contributed by atoms with E-state index in [1.807, 2.05) is 26.0 Å². The number of carbonyl (C=O) groups excluding carboxylic acids is 1. The molecule has 0 spiro atoms. The monoisotopic (exact) mass is 625 g/mol. The highest BCUT2D eigenvalue weighted by atomic mass is 16.2. The molecule has 0 radical (unpaired) electrons. The third-order valence-electron chi connectivity index (χ3n) is 12.6. The molecular formula is C39H55N5O2. The molecule has 248 valence electrons. The Morgan fingerprint density at radius 3 is 2.35 bits per heavy atom. The van der Waals surface area contributed by atoms with Crippen LogP contribution in [0.5, 0.6) is 0 Å². The molecule has 5 fully saturated rings. The van der Waals surface area contributed by atoms with E-state index in [9.17, 15) is 9.59 Å². The number of amides is 1. The van der Waals surface area contributed by atoms with Gasteiger partial charge in [0.05, 0.1) is 5.56 Å². The zero-order valence-electron chi connectivity index (χ0n) is 28.6. The molecule has 7 nitrogen and oxygen atoms in total. The number of carbonyl (C=O) groups is 1. The van der Waals surface area contributed by atoms with Gasteiger partial charge in [0.25, 0.3) is 11.5 Å². The first-order valence-electron chi connectivity index (χ1n) is 18.2. The van der Waals surface area contributed by atoms with Gasteiger partial charge in [-0.15, -0.1) is 0 Å². The number of aryl methyl sites for hydroxylation is 2. The fraction of sp³-hybridized carbons (Fsp3) is 0.641. The van der Waals surface area contributed by atoms with Gasteiger partial charge in [0.1, 0.15) is 0 Å². The normalized spacial score (nSPS) is 27.0. The van der Waals surface area contributed by atoms with E-state index in [-0.39, 0.29) is 18.0 Å². The largest absolute Gasteiger partial charge is 0.348 e. The lowest BCUT2D eigenvalue weighted by Gasteiger charge is -2.57. The van der Waals surface area contributed by atoms with Crippen LogP contribution in [0.25, 0.3) is 10.9 Å². The lowest BCUT2D eigenvalue weighted by molar-refractivity contribution is -0.0567. The van der Waals surface area contributed by atoms with E-state index in [0.717, 1.165) is 77.4 Å². The zero-order valence-corrected chi connectivity index (χ0v) is 28.6. The van der Waals surface area contributed by atoms with Crippen molar-refractivity contribution in [3.63, 3.8) is 0 Å². The number of nitrogens with zero attached hydrogens (tertiary/aromatic N) is 2. The molecule has 4 saturated carbocycles. The molecule has 0 unspecified atom stereocenters. The van der Waals surface area contributed by atoms with E-state index in [2.05, 4.69) is 57.1 Å². The van der Waals surface area contributed by atoms with E-state index in [1.54, 1.807) is 0 Å². The molecular weight excluding hydrogens is 570 g/mol. The second-order valence-electron chi connectivity index (χ2n) is 15.8. The Balaban J connectivity index is 0.929. The Kier molecular flexibility index (Phi) is 8.92. The quantitative estimate of drug-likeness (QED) is 0.208. The maximum Gasteiger partial charge on any atom is 0.254 e. The molecule has 4 bridgehead atoms. The van der Waals surface area contributed by atoms with Crippen molar-refractivity contribution in [3.8, 4) is 0 Å². The van der Waals surface area contributed by atoms with Crippen LogP contribution in [0.15, 0.2) is 35.1 Å². The zero-order chi connectivity index (χ0) is 32.0. The van der Waals surface area contributed by atoms with Crippen LogP contribution in [0.4, 0.5) is 0 Å². The van der Waals surface area contributed by atoms with Crippen LogP contribution in [0.3, 0.4) is 0 Å². The number of fused-ring (bicyclic) bond motifs is 1. The summed E-state index contributed by atoms with van der Waals surface area (Å²) in [7, 11) is 0. The maximum atomic E-state index is 13.7. The number of likely N-dealkylation sites (tertiary alicyclic amines) is 1. The van der Waals surface area contributed by atoms with Crippen molar-refractivity contribution in [2.24, 2.45) is 29.1 Å². The van der Waals surface area contributed by atoms with Gasteiger partial charge in [-0.3, -0.25) is 9.59 Å². The summed E-state index contributed by atoms with van der Waals surface area (Å²) in [6.45, 7) is 14.1. The van der Waals surface area contributed by atoms with Crippen LogP contribution in [-0.4, -0.2) is 53.1 Å². The summed E-state index contributed by atoms with van der Waals surface area (Å²) in [6, 6.07) is 10.5. The number of aromatic nitrogens is 2. The SMILES string of the molecule is Cc1cc(C)c(CNC(=O)c2c(C)n([C@H](C)C3CCN(CCNCCC45CC6CC(CC(C6)C4)C5)CC3)c3ccccc23)c(=O)[nH]1. The molecule has 3 aromatic rings. The first kappa shape index (κ1) is 31.7. The second kappa shape index (κ2) is 13.0. The van der Waals surface area contributed by atoms with Crippen LogP contribution in [0.1, 0.15) is 104 Å². The first-order valence-corrected chi connectivity index (χ1v) is 18.2. The number of para-hydroxylation sites is 1. The highest BCUT2D eigenvalue weighted by molar-refractivity contribution is 6.08.